The number of esters is 1. The molecule has 0 heterocycles. The smallest absolute Gasteiger partial charge is 0.311 e. The first-order valence-corrected chi connectivity index (χ1v) is 9.23. The Kier molecular flexibility index (Phi) is 7.38. The standard InChI is InChI=1S/C21H30O2/c1-3-5-6-8-17-9-11-18(12-10-17)19-13-15-20(16-14-19)23-21(22)7-4-2/h11,13-17H,3-10,12H2,1-2H3. The van der Waals surface area contributed by atoms with Gasteiger partial charge in [0.25, 0.3) is 0 Å². The Labute approximate surface area is 140 Å². The Balaban J connectivity index is 1.86. The summed E-state index contributed by atoms with van der Waals surface area (Å²) in [5.41, 5.74) is 2.72. The van der Waals surface area contributed by atoms with E-state index < -0.39 is 0 Å². The number of carbonyl (C=O) groups excluding carboxylic acids is 1. The van der Waals surface area contributed by atoms with Gasteiger partial charge in [-0.25, -0.2) is 0 Å². The average molecular weight is 314 g/mol. The highest BCUT2D eigenvalue weighted by molar-refractivity contribution is 5.73. The van der Waals surface area contributed by atoms with Gasteiger partial charge in [0.1, 0.15) is 5.75 Å². The van der Waals surface area contributed by atoms with E-state index >= 15 is 0 Å². The van der Waals surface area contributed by atoms with Crippen LogP contribution in [0.4, 0.5) is 0 Å². The third kappa shape index (κ3) is 5.85. The number of hydrogen-bond acceptors (Lipinski definition) is 2. The predicted octanol–water partition coefficient (Wildman–Crippen LogP) is 6.16. The molecule has 0 aromatic heterocycles. The van der Waals surface area contributed by atoms with E-state index in [1.54, 1.807) is 0 Å². The van der Waals surface area contributed by atoms with Crippen LogP contribution in [0.5, 0.6) is 5.75 Å². The maximum absolute atomic E-state index is 11.5. The zero-order valence-corrected chi connectivity index (χ0v) is 14.6. The van der Waals surface area contributed by atoms with Crippen LogP contribution in [0.15, 0.2) is 30.3 Å². The Bertz CT molecular complexity index is 513. The first-order valence-electron chi connectivity index (χ1n) is 9.23. The summed E-state index contributed by atoms with van der Waals surface area (Å²) >= 11 is 0. The van der Waals surface area contributed by atoms with Crippen molar-refractivity contribution in [3.05, 3.63) is 35.9 Å². The van der Waals surface area contributed by atoms with Crippen LogP contribution in [-0.4, -0.2) is 5.97 Å². The van der Waals surface area contributed by atoms with E-state index in [9.17, 15) is 4.79 Å². The van der Waals surface area contributed by atoms with Crippen LogP contribution >= 0.6 is 0 Å². The Morgan fingerprint density at radius 2 is 1.91 bits per heavy atom. The molecule has 2 heteroatoms. The Hall–Kier alpha value is -1.57. The summed E-state index contributed by atoms with van der Waals surface area (Å²) in [5, 5.41) is 0. The van der Waals surface area contributed by atoms with Gasteiger partial charge in [0.05, 0.1) is 0 Å². The molecule has 0 saturated heterocycles. The van der Waals surface area contributed by atoms with Crippen molar-refractivity contribution < 1.29 is 9.53 Å². The van der Waals surface area contributed by atoms with Gasteiger partial charge in [-0.3, -0.25) is 4.79 Å². The summed E-state index contributed by atoms with van der Waals surface area (Å²) < 4.78 is 5.31. The molecule has 0 amide bonds. The third-order valence-electron chi connectivity index (χ3n) is 4.65. The molecule has 1 aromatic carbocycles. The number of carbonyl (C=O) groups is 1. The molecule has 1 aliphatic rings. The second-order valence-electron chi connectivity index (χ2n) is 6.61. The third-order valence-corrected chi connectivity index (χ3v) is 4.65. The van der Waals surface area contributed by atoms with Crippen LogP contribution in [-0.2, 0) is 4.79 Å². The van der Waals surface area contributed by atoms with Gasteiger partial charge < -0.3 is 4.74 Å². The minimum atomic E-state index is -0.146. The molecule has 23 heavy (non-hydrogen) atoms. The number of ether oxygens (including phenoxy) is 1. The lowest BCUT2D eigenvalue weighted by atomic mass is 9.84. The molecule has 0 spiro atoms. The second-order valence-corrected chi connectivity index (χ2v) is 6.61. The molecule has 126 valence electrons. The molecular formula is C21H30O2. The largest absolute Gasteiger partial charge is 0.427 e. The minimum absolute atomic E-state index is 0.146. The molecule has 1 aliphatic carbocycles. The summed E-state index contributed by atoms with van der Waals surface area (Å²) in [5.74, 6) is 1.38. The normalized spacial score (nSPS) is 17.7. The number of benzene rings is 1. The first-order chi connectivity index (χ1) is 11.2. The predicted molar refractivity (Wildman–Crippen MR) is 96.4 cm³/mol. The summed E-state index contributed by atoms with van der Waals surface area (Å²) in [4.78, 5) is 11.5. The monoisotopic (exact) mass is 314 g/mol. The Morgan fingerprint density at radius 1 is 1.13 bits per heavy atom. The van der Waals surface area contributed by atoms with Gasteiger partial charge >= 0.3 is 5.97 Å². The highest BCUT2D eigenvalue weighted by atomic mass is 16.5. The topological polar surface area (TPSA) is 26.3 Å². The lowest BCUT2D eigenvalue weighted by Crippen LogP contribution is -2.07. The van der Waals surface area contributed by atoms with E-state index in [4.69, 9.17) is 4.74 Å². The van der Waals surface area contributed by atoms with Crippen molar-refractivity contribution in [3.8, 4) is 5.75 Å². The van der Waals surface area contributed by atoms with Crippen molar-refractivity contribution in [1.82, 2.24) is 0 Å². The fourth-order valence-electron chi connectivity index (χ4n) is 3.22. The molecule has 1 unspecified atom stereocenters. The van der Waals surface area contributed by atoms with Gasteiger partial charge in [-0.2, -0.15) is 0 Å². The molecule has 0 bridgehead atoms. The number of hydrogen-bond donors (Lipinski definition) is 0. The number of rotatable bonds is 8. The lowest BCUT2D eigenvalue weighted by Gasteiger charge is -2.22. The van der Waals surface area contributed by atoms with Gasteiger partial charge in [-0.05, 0) is 54.9 Å². The molecule has 0 radical (unpaired) electrons. The van der Waals surface area contributed by atoms with Crippen molar-refractivity contribution in [2.45, 2.75) is 71.6 Å². The van der Waals surface area contributed by atoms with Crippen LogP contribution in [0.2, 0.25) is 0 Å². The highest BCUT2D eigenvalue weighted by Gasteiger charge is 2.15. The van der Waals surface area contributed by atoms with Gasteiger partial charge in [0.15, 0.2) is 0 Å². The van der Waals surface area contributed by atoms with Crippen LogP contribution in [0.1, 0.15) is 77.2 Å². The molecule has 2 rings (SSSR count). The van der Waals surface area contributed by atoms with Crippen LogP contribution in [0.3, 0.4) is 0 Å². The van der Waals surface area contributed by atoms with E-state index in [0.717, 1.165) is 12.3 Å². The molecule has 0 fully saturated rings. The van der Waals surface area contributed by atoms with E-state index in [-0.39, 0.29) is 5.97 Å². The van der Waals surface area contributed by atoms with Crippen LogP contribution < -0.4 is 4.74 Å². The highest BCUT2D eigenvalue weighted by Crippen LogP contribution is 2.33. The summed E-state index contributed by atoms with van der Waals surface area (Å²) in [6.45, 7) is 4.25. The number of unbranched alkanes of at least 4 members (excludes halogenated alkanes) is 2. The van der Waals surface area contributed by atoms with Crippen LogP contribution in [0, 0.1) is 5.92 Å². The van der Waals surface area contributed by atoms with E-state index in [0.29, 0.717) is 12.2 Å². The molecule has 0 N–H and O–H groups in total. The molecule has 2 nitrogen and oxygen atoms in total. The molecule has 1 aromatic rings. The molecule has 0 saturated carbocycles. The zero-order valence-electron chi connectivity index (χ0n) is 14.6. The van der Waals surface area contributed by atoms with Gasteiger partial charge in [0, 0.05) is 6.42 Å². The Morgan fingerprint density at radius 3 is 2.52 bits per heavy atom. The quantitative estimate of drug-likeness (QED) is 0.326. The maximum atomic E-state index is 11.5. The fourth-order valence-corrected chi connectivity index (χ4v) is 3.22. The van der Waals surface area contributed by atoms with Crippen LogP contribution in [0.25, 0.3) is 5.57 Å². The first kappa shape index (κ1) is 17.8. The van der Waals surface area contributed by atoms with E-state index in [1.807, 2.05) is 19.1 Å². The summed E-state index contributed by atoms with van der Waals surface area (Å²) in [6, 6.07) is 7.99. The SMILES string of the molecule is CCCCCC1CC=C(c2ccc(OC(=O)CCC)cc2)CC1. The summed E-state index contributed by atoms with van der Waals surface area (Å²) in [7, 11) is 0. The minimum Gasteiger partial charge on any atom is -0.427 e. The molecule has 0 aliphatic heterocycles. The van der Waals surface area contributed by atoms with Gasteiger partial charge in [-0.1, -0.05) is 57.7 Å². The second kappa shape index (κ2) is 9.54. The average Bonchev–Trinajstić information content (AvgIpc) is 2.57. The maximum Gasteiger partial charge on any atom is 0.311 e. The van der Waals surface area contributed by atoms with E-state index in [2.05, 4.69) is 25.1 Å². The van der Waals surface area contributed by atoms with Gasteiger partial charge in [0.2, 0.25) is 0 Å². The van der Waals surface area contributed by atoms with Crippen molar-refractivity contribution in [3.63, 3.8) is 0 Å². The van der Waals surface area contributed by atoms with E-state index in [1.165, 1.54) is 56.1 Å². The number of allylic oxidation sites excluding steroid dienone is 2. The lowest BCUT2D eigenvalue weighted by molar-refractivity contribution is -0.134. The molecule has 1 atom stereocenters. The fraction of sp³-hybridized carbons (Fsp3) is 0.571. The van der Waals surface area contributed by atoms with Gasteiger partial charge in [-0.15, -0.1) is 0 Å². The molecular weight excluding hydrogens is 284 g/mol. The van der Waals surface area contributed by atoms with Crippen molar-refractivity contribution in [2.24, 2.45) is 5.92 Å². The zero-order chi connectivity index (χ0) is 16.5. The van der Waals surface area contributed by atoms with Crippen molar-refractivity contribution >= 4 is 11.5 Å². The van der Waals surface area contributed by atoms with Crippen molar-refractivity contribution in [1.29, 1.82) is 0 Å². The summed E-state index contributed by atoms with van der Waals surface area (Å²) in [6.07, 6.45) is 12.8. The van der Waals surface area contributed by atoms with Crippen molar-refractivity contribution in [2.75, 3.05) is 0 Å².